The fourth-order valence-corrected chi connectivity index (χ4v) is 1.85. The van der Waals surface area contributed by atoms with Gasteiger partial charge < -0.3 is 5.11 Å². The van der Waals surface area contributed by atoms with E-state index in [2.05, 4.69) is 38.4 Å². The summed E-state index contributed by atoms with van der Waals surface area (Å²) in [6, 6.07) is 0.342. The van der Waals surface area contributed by atoms with Gasteiger partial charge in [0.2, 0.25) is 0 Å². The highest BCUT2D eigenvalue weighted by Gasteiger charge is 2.17. The largest absolute Gasteiger partial charge is 0.379 e. The molecule has 0 bridgehead atoms. The highest BCUT2D eigenvalue weighted by molar-refractivity contribution is 7.84. The minimum Gasteiger partial charge on any atom is -0.379 e. The molecule has 0 aromatic carbocycles. The van der Waals surface area contributed by atoms with Crippen molar-refractivity contribution < 1.29 is 5.11 Å². The fourth-order valence-electron chi connectivity index (χ4n) is 1.56. The van der Waals surface area contributed by atoms with Gasteiger partial charge in [0.15, 0.2) is 0 Å². The first-order valence-corrected chi connectivity index (χ1v) is 5.76. The van der Waals surface area contributed by atoms with Crippen LogP contribution in [0.25, 0.3) is 0 Å². The van der Waals surface area contributed by atoms with Crippen LogP contribution in [0.2, 0.25) is 0 Å². The molecule has 0 fully saturated rings. The Bertz CT molecular complexity index is 173. The summed E-state index contributed by atoms with van der Waals surface area (Å²) in [5.41, 5.74) is 0. The van der Waals surface area contributed by atoms with Crippen LogP contribution in [0.15, 0.2) is 11.5 Å². The molecule has 0 radical (unpaired) electrons. The maximum atomic E-state index is 9.49. The van der Waals surface area contributed by atoms with Crippen LogP contribution in [0.3, 0.4) is 0 Å². The van der Waals surface area contributed by atoms with Crippen LogP contribution in [-0.4, -0.2) is 17.4 Å². The number of allylic oxidation sites excluding steroid dienone is 1. The van der Waals surface area contributed by atoms with Gasteiger partial charge in [-0.3, -0.25) is 5.32 Å². The van der Waals surface area contributed by atoms with E-state index < -0.39 is 6.23 Å². The van der Waals surface area contributed by atoms with Gasteiger partial charge in [-0.05, 0) is 30.1 Å². The molecule has 2 nitrogen and oxygen atoms in total. The maximum Gasteiger partial charge on any atom is 0.104 e. The van der Waals surface area contributed by atoms with Crippen molar-refractivity contribution in [3.8, 4) is 0 Å². The van der Waals surface area contributed by atoms with Crippen LogP contribution in [0, 0.1) is 5.92 Å². The lowest BCUT2D eigenvalue weighted by molar-refractivity contribution is 0.105. The summed E-state index contributed by atoms with van der Waals surface area (Å²) in [6.07, 6.45) is 2.26. The van der Waals surface area contributed by atoms with Crippen LogP contribution < -0.4 is 5.32 Å². The molecule has 0 amide bonds. The Morgan fingerprint density at radius 1 is 1.43 bits per heavy atom. The molecule has 2 unspecified atom stereocenters. The summed E-state index contributed by atoms with van der Waals surface area (Å²) >= 11 is 4.20. The SMILES string of the molecule is C=C(S)C[C@@H](C)C(CC)NC(O)CC. The zero-order valence-electron chi connectivity index (χ0n) is 9.45. The summed E-state index contributed by atoms with van der Waals surface area (Å²) in [4.78, 5) is 0.906. The summed E-state index contributed by atoms with van der Waals surface area (Å²) in [7, 11) is 0. The number of hydrogen-bond acceptors (Lipinski definition) is 3. The van der Waals surface area contributed by atoms with Crippen molar-refractivity contribution in [2.24, 2.45) is 5.92 Å². The normalized spacial score (nSPS) is 17.5. The molecular weight excluding hydrogens is 194 g/mol. The van der Waals surface area contributed by atoms with Crippen molar-refractivity contribution in [2.75, 3.05) is 0 Å². The molecule has 0 rings (SSSR count). The first kappa shape index (κ1) is 14.0. The zero-order chi connectivity index (χ0) is 11.1. The molecule has 84 valence electrons. The van der Waals surface area contributed by atoms with Crippen LogP contribution in [0.4, 0.5) is 0 Å². The second-order valence-corrected chi connectivity index (χ2v) is 4.49. The predicted molar refractivity (Wildman–Crippen MR) is 65.4 cm³/mol. The molecule has 0 aliphatic carbocycles. The van der Waals surface area contributed by atoms with Crippen LogP contribution >= 0.6 is 12.6 Å². The van der Waals surface area contributed by atoms with Crippen molar-refractivity contribution >= 4 is 12.6 Å². The van der Waals surface area contributed by atoms with Gasteiger partial charge in [0, 0.05) is 6.04 Å². The summed E-state index contributed by atoms with van der Waals surface area (Å²) in [5.74, 6) is 0.464. The molecule has 0 spiro atoms. The third kappa shape index (κ3) is 5.68. The average Bonchev–Trinajstić information content (AvgIpc) is 2.12. The molecule has 3 atom stereocenters. The lowest BCUT2D eigenvalue weighted by Gasteiger charge is -2.26. The molecule has 0 aromatic heterocycles. The van der Waals surface area contributed by atoms with Gasteiger partial charge in [-0.2, -0.15) is 0 Å². The molecule has 0 aromatic rings. The van der Waals surface area contributed by atoms with Crippen molar-refractivity contribution in [1.82, 2.24) is 5.32 Å². The Morgan fingerprint density at radius 2 is 2.00 bits per heavy atom. The molecule has 0 saturated carbocycles. The maximum absolute atomic E-state index is 9.49. The quantitative estimate of drug-likeness (QED) is 0.452. The fraction of sp³-hybridized carbons (Fsp3) is 0.818. The third-order valence-electron chi connectivity index (χ3n) is 2.48. The standard InChI is InChI=1S/C11H23NOS/c1-5-10(12-11(13)6-2)8(3)7-9(4)14/h8,10-14H,4-7H2,1-3H3/t8-,10?,11?/m1/s1. The van der Waals surface area contributed by atoms with E-state index in [0.29, 0.717) is 12.0 Å². The predicted octanol–water partition coefficient (Wildman–Crippen LogP) is 2.55. The Balaban J connectivity index is 4.04. The lowest BCUT2D eigenvalue weighted by Crippen LogP contribution is -2.41. The molecule has 0 saturated heterocycles. The first-order valence-electron chi connectivity index (χ1n) is 5.32. The minimum atomic E-state index is -0.393. The molecule has 2 N–H and O–H groups in total. The number of aliphatic hydroxyl groups excluding tert-OH is 1. The number of rotatable bonds is 7. The molecule has 0 aliphatic rings. The Kier molecular flexibility index (Phi) is 7.33. The van der Waals surface area contributed by atoms with E-state index in [1.54, 1.807) is 0 Å². The van der Waals surface area contributed by atoms with Crippen molar-refractivity contribution in [3.05, 3.63) is 11.5 Å². The van der Waals surface area contributed by atoms with Gasteiger partial charge >= 0.3 is 0 Å². The number of thiol groups is 1. The zero-order valence-corrected chi connectivity index (χ0v) is 10.3. The van der Waals surface area contributed by atoms with Gasteiger partial charge in [-0.25, -0.2) is 0 Å². The second kappa shape index (κ2) is 7.32. The topological polar surface area (TPSA) is 32.3 Å². The number of hydrogen-bond donors (Lipinski definition) is 3. The smallest absolute Gasteiger partial charge is 0.104 e. The summed E-state index contributed by atoms with van der Waals surface area (Å²) < 4.78 is 0. The minimum absolute atomic E-state index is 0.342. The molecular formula is C11H23NOS. The van der Waals surface area contributed by atoms with E-state index in [0.717, 1.165) is 24.2 Å². The Morgan fingerprint density at radius 3 is 2.36 bits per heavy atom. The van der Waals surface area contributed by atoms with Gasteiger partial charge in [0.05, 0.1) is 0 Å². The van der Waals surface area contributed by atoms with E-state index in [1.807, 2.05) is 6.92 Å². The van der Waals surface area contributed by atoms with Crippen LogP contribution in [0.5, 0.6) is 0 Å². The van der Waals surface area contributed by atoms with Crippen molar-refractivity contribution in [3.63, 3.8) is 0 Å². The highest BCUT2D eigenvalue weighted by Crippen LogP contribution is 2.18. The van der Waals surface area contributed by atoms with Crippen LogP contribution in [-0.2, 0) is 0 Å². The second-order valence-electron chi connectivity index (χ2n) is 3.85. The lowest BCUT2D eigenvalue weighted by atomic mass is 9.96. The van der Waals surface area contributed by atoms with Gasteiger partial charge in [-0.1, -0.05) is 27.4 Å². The number of aliphatic hydroxyl groups is 1. The van der Waals surface area contributed by atoms with E-state index in [4.69, 9.17) is 0 Å². The van der Waals surface area contributed by atoms with Gasteiger partial charge in [0.25, 0.3) is 0 Å². The monoisotopic (exact) mass is 217 g/mol. The molecule has 0 heterocycles. The third-order valence-corrected chi connectivity index (χ3v) is 2.66. The number of nitrogens with one attached hydrogen (secondary N) is 1. The van der Waals surface area contributed by atoms with E-state index in [-0.39, 0.29) is 0 Å². The summed E-state index contributed by atoms with van der Waals surface area (Å²) in [6.45, 7) is 10.0. The molecule has 14 heavy (non-hydrogen) atoms. The van der Waals surface area contributed by atoms with Crippen LogP contribution in [0.1, 0.15) is 40.0 Å². The van der Waals surface area contributed by atoms with Gasteiger partial charge in [-0.15, -0.1) is 12.6 Å². The van der Waals surface area contributed by atoms with E-state index >= 15 is 0 Å². The highest BCUT2D eigenvalue weighted by atomic mass is 32.1. The Labute approximate surface area is 93.2 Å². The molecule has 0 aliphatic heterocycles. The van der Waals surface area contributed by atoms with Crippen molar-refractivity contribution in [2.45, 2.75) is 52.3 Å². The van der Waals surface area contributed by atoms with Crippen molar-refractivity contribution in [1.29, 1.82) is 0 Å². The van der Waals surface area contributed by atoms with E-state index in [9.17, 15) is 5.11 Å². The Hall–Kier alpha value is 0.01000. The molecule has 3 heteroatoms. The first-order chi connectivity index (χ1) is 6.51. The average molecular weight is 217 g/mol. The van der Waals surface area contributed by atoms with Gasteiger partial charge in [0.1, 0.15) is 6.23 Å². The summed E-state index contributed by atoms with van der Waals surface area (Å²) in [5, 5.41) is 12.7. The van der Waals surface area contributed by atoms with E-state index in [1.165, 1.54) is 0 Å².